The molecule has 0 bridgehead atoms. The number of hydrogen-bond acceptors (Lipinski definition) is 6. The SMILES string of the molecule is CC1=C(C(=O)Nc2ccccn2)C(c2ccccc2Cl)C(C(=O)NCCCCn2c(C)nc3cnccc32)=C(c2ccc(F)cc2)N1.O. The van der Waals surface area contributed by atoms with Crippen molar-refractivity contribution in [3.63, 3.8) is 0 Å². The Labute approximate surface area is 282 Å². The minimum Gasteiger partial charge on any atom is -0.412 e. The van der Waals surface area contributed by atoms with E-state index in [1.807, 2.05) is 25.1 Å². The Bertz CT molecular complexity index is 2010. The first-order valence-corrected chi connectivity index (χ1v) is 15.7. The number of amides is 2. The van der Waals surface area contributed by atoms with Gasteiger partial charge < -0.3 is 26.0 Å². The van der Waals surface area contributed by atoms with Gasteiger partial charge in [0.2, 0.25) is 5.91 Å². The van der Waals surface area contributed by atoms with Gasteiger partial charge >= 0.3 is 0 Å². The first kappa shape index (κ1) is 34.0. The quantitative estimate of drug-likeness (QED) is 0.163. The molecule has 0 spiro atoms. The molecule has 4 heterocycles. The van der Waals surface area contributed by atoms with Crippen LogP contribution in [-0.2, 0) is 16.1 Å². The molecule has 10 nitrogen and oxygen atoms in total. The van der Waals surface area contributed by atoms with E-state index in [-0.39, 0.29) is 11.4 Å². The summed E-state index contributed by atoms with van der Waals surface area (Å²) in [4.78, 5) is 41.2. The number of dihydropyridines is 1. The maximum Gasteiger partial charge on any atom is 0.255 e. The van der Waals surface area contributed by atoms with E-state index >= 15 is 0 Å². The van der Waals surface area contributed by atoms with Crippen molar-refractivity contribution in [3.05, 3.63) is 136 Å². The first-order valence-electron chi connectivity index (χ1n) is 15.3. The van der Waals surface area contributed by atoms with Crippen LogP contribution in [-0.4, -0.2) is 43.4 Å². The summed E-state index contributed by atoms with van der Waals surface area (Å²) in [6, 6.07) is 20.2. The Morgan fingerprint density at radius 1 is 0.938 bits per heavy atom. The molecule has 3 aromatic heterocycles. The molecule has 5 aromatic rings. The summed E-state index contributed by atoms with van der Waals surface area (Å²) in [5.41, 5.74) is 4.65. The Morgan fingerprint density at radius 2 is 1.71 bits per heavy atom. The van der Waals surface area contributed by atoms with Gasteiger partial charge in [-0.05, 0) is 86.3 Å². The average Bonchev–Trinajstić information content (AvgIpc) is 3.39. The second-order valence-electron chi connectivity index (χ2n) is 11.2. The zero-order valence-electron chi connectivity index (χ0n) is 26.4. The van der Waals surface area contributed by atoms with Crippen molar-refractivity contribution < 1.29 is 19.5 Å². The molecular formula is C36H35ClFN7O3. The Morgan fingerprint density at radius 3 is 2.46 bits per heavy atom. The molecular weight excluding hydrogens is 633 g/mol. The summed E-state index contributed by atoms with van der Waals surface area (Å²) in [6.45, 7) is 4.86. The topological polar surface area (TPSA) is 145 Å². The van der Waals surface area contributed by atoms with Gasteiger partial charge in [-0.15, -0.1) is 0 Å². The molecule has 246 valence electrons. The van der Waals surface area contributed by atoms with Crippen molar-refractivity contribution in [3.8, 4) is 0 Å². The number of aryl methyl sites for hydroxylation is 2. The van der Waals surface area contributed by atoms with Gasteiger partial charge in [0.1, 0.15) is 23.0 Å². The molecule has 2 aromatic carbocycles. The van der Waals surface area contributed by atoms with Gasteiger partial charge in [-0.25, -0.2) is 14.4 Å². The number of halogens is 2. The number of nitrogens with one attached hydrogen (secondary N) is 3. The number of allylic oxidation sites excluding steroid dienone is 1. The number of nitrogens with zero attached hydrogens (tertiary/aromatic N) is 4. The van der Waals surface area contributed by atoms with Crippen LogP contribution in [0, 0.1) is 12.7 Å². The van der Waals surface area contributed by atoms with Crippen LogP contribution in [0.15, 0.2) is 108 Å². The molecule has 2 amide bonds. The van der Waals surface area contributed by atoms with Crippen molar-refractivity contribution in [1.82, 2.24) is 30.2 Å². The molecule has 0 radical (unpaired) electrons. The zero-order chi connectivity index (χ0) is 32.9. The summed E-state index contributed by atoms with van der Waals surface area (Å²) in [6.07, 6.45) is 6.57. The number of fused-ring (bicyclic) bond motifs is 1. The van der Waals surface area contributed by atoms with E-state index in [4.69, 9.17) is 11.6 Å². The number of imidazole rings is 1. The molecule has 6 rings (SSSR count). The number of anilines is 1. The van der Waals surface area contributed by atoms with E-state index in [9.17, 15) is 14.0 Å². The number of carbonyl (C=O) groups is 2. The highest BCUT2D eigenvalue weighted by Gasteiger charge is 2.39. The van der Waals surface area contributed by atoms with Gasteiger partial charge in [0.25, 0.3) is 5.91 Å². The Balaban J connectivity index is 0.00000451. The van der Waals surface area contributed by atoms with E-state index in [0.717, 1.165) is 29.8 Å². The third-order valence-corrected chi connectivity index (χ3v) is 8.49. The van der Waals surface area contributed by atoms with E-state index in [0.29, 0.717) is 57.5 Å². The van der Waals surface area contributed by atoms with Crippen LogP contribution in [0.3, 0.4) is 0 Å². The Hall–Kier alpha value is -5.39. The predicted octanol–water partition coefficient (Wildman–Crippen LogP) is 5.71. The van der Waals surface area contributed by atoms with Gasteiger partial charge in [-0.3, -0.25) is 14.6 Å². The number of rotatable bonds is 10. The van der Waals surface area contributed by atoms with Crippen LogP contribution >= 0.6 is 11.6 Å². The van der Waals surface area contributed by atoms with Gasteiger partial charge in [-0.2, -0.15) is 0 Å². The molecule has 1 aliphatic rings. The lowest BCUT2D eigenvalue weighted by molar-refractivity contribution is -0.117. The van der Waals surface area contributed by atoms with Gasteiger partial charge in [0.15, 0.2) is 0 Å². The number of pyridine rings is 2. The second-order valence-corrected chi connectivity index (χ2v) is 11.6. The molecule has 12 heteroatoms. The van der Waals surface area contributed by atoms with E-state index in [2.05, 4.69) is 35.5 Å². The number of benzene rings is 2. The Kier molecular flexibility index (Phi) is 10.6. The summed E-state index contributed by atoms with van der Waals surface area (Å²) in [5.74, 6) is -0.776. The van der Waals surface area contributed by atoms with Gasteiger partial charge in [0.05, 0.1) is 28.9 Å². The predicted molar refractivity (Wildman–Crippen MR) is 184 cm³/mol. The highest BCUT2D eigenvalue weighted by molar-refractivity contribution is 6.31. The number of unbranched alkanes of at least 4 members (excludes halogenated alkanes) is 1. The van der Waals surface area contributed by atoms with Gasteiger partial charge in [-0.1, -0.05) is 35.9 Å². The van der Waals surface area contributed by atoms with Crippen molar-refractivity contribution in [1.29, 1.82) is 0 Å². The third kappa shape index (κ3) is 7.12. The monoisotopic (exact) mass is 667 g/mol. The van der Waals surface area contributed by atoms with Crippen molar-refractivity contribution in [2.45, 2.75) is 39.2 Å². The normalized spacial score (nSPS) is 14.4. The summed E-state index contributed by atoms with van der Waals surface area (Å²) in [5, 5.41) is 9.65. The van der Waals surface area contributed by atoms with Crippen LogP contribution < -0.4 is 16.0 Å². The number of hydrogen-bond donors (Lipinski definition) is 3. The molecule has 0 saturated heterocycles. The first-order chi connectivity index (χ1) is 22.8. The molecule has 0 saturated carbocycles. The number of carbonyl (C=O) groups excluding carboxylic acids is 2. The standard InChI is InChI=1S/C36H33ClFN7O2.H2O/c1-22-31(36(47)44-30-11-5-6-17-40-30)32(26-9-3-4-10-27(26)37)33(34(42-22)24-12-14-25(38)15-13-24)35(46)41-18-7-8-20-45-23(2)43-28-21-39-19-16-29(28)45;/h3-6,9-17,19,21,32,42H,7-8,18,20H2,1-2H3,(H,41,46)(H,40,44,47);1H2. The van der Waals surface area contributed by atoms with E-state index in [1.54, 1.807) is 68.0 Å². The summed E-state index contributed by atoms with van der Waals surface area (Å²) >= 11 is 6.77. The average molecular weight is 668 g/mol. The third-order valence-electron chi connectivity index (χ3n) is 8.14. The van der Waals surface area contributed by atoms with Crippen molar-refractivity contribution in [2.75, 3.05) is 11.9 Å². The van der Waals surface area contributed by atoms with Gasteiger partial charge in [0, 0.05) is 41.8 Å². The summed E-state index contributed by atoms with van der Waals surface area (Å²) in [7, 11) is 0. The van der Waals surface area contributed by atoms with E-state index < -0.39 is 17.6 Å². The van der Waals surface area contributed by atoms with Crippen LogP contribution in [0.2, 0.25) is 5.02 Å². The fourth-order valence-corrected chi connectivity index (χ4v) is 6.18. The highest BCUT2D eigenvalue weighted by atomic mass is 35.5. The lowest BCUT2D eigenvalue weighted by Gasteiger charge is -2.33. The van der Waals surface area contributed by atoms with Crippen LogP contribution in [0.5, 0.6) is 0 Å². The van der Waals surface area contributed by atoms with Crippen LogP contribution in [0.1, 0.15) is 42.6 Å². The van der Waals surface area contributed by atoms with Crippen molar-refractivity contribution in [2.24, 2.45) is 0 Å². The fourth-order valence-electron chi connectivity index (χ4n) is 5.93. The minimum atomic E-state index is -0.845. The number of aromatic nitrogens is 4. The van der Waals surface area contributed by atoms with Crippen LogP contribution in [0.25, 0.3) is 16.7 Å². The molecule has 48 heavy (non-hydrogen) atoms. The smallest absolute Gasteiger partial charge is 0.255 e. The zero-order valence-corrected chi connectivity index (χ0v) is 27.2. The van der Waals surface area contributed by atoms with E-state index in [1.165, 1.54) is 12.1 Å². The molecule has 1 aliphatic heterocycles. The second kappa shape index (κ2) is 15.0. The molecule has 0 fully saturated rings. The highest BCUT2D eigenvalue weighted by Crippen LogP contribution is 2.43. The molecule has 1 atom stereocenters. The maximum absolute atomic E-state index is 14.3. The molecule has 0 aliphatic carbocycles. The largest absolute Gasteiger partial charge is 0.412 e. The van der Waals surface area contributed by atoms with Crippen LogP contribution in [0.4, 0.5) is 10.2 Å². The summed E-state index contributed by atoms with van der Waals surface area (Å²) < 4.78 is 16.1. The minimum absolute atomic E-state index is 0. The van der Waals surface area contributed by atoms with Crippen molar-refractivity contribution >= 4 is 46.0 Å². The lowest BCUT2D eigenvalue weighted by Crippen LogP contribution is -2.38. The fraction of sp³-hybridized carbons (Fsp3) is 0.194. The lowest BCUT2D eigenvalue weighted by atomic mass is 9.78. The molecule has 1 unspecified atom stereocenters. The maximum atomic E-state index is 14.3. The molecule has 5 N–H and O–H groups in total.